The summed E-state index contributed by atoms with van der Waals surface area (Å²) in [4.78, 5) is 11.0. The molecule has 5 nitrogen and oxygen atoms in total. The highest BCUT2D eigenvalue weighted by Crippen LogP contribution is 2.40. The van der Waals surface area contributed by atoms with Crippen molar-refractivity contribution < 1.29 is 23.7 Å². The molecular formula is C14H22O5. The zero-order valence-corrected chi connectivity index (χ0v) is 11.7. The summed E-state index contributed by atoms with van der Waals surface area (Å²) in [5.74, 6) is -0.741. The number of fused-ring (bicyclic) bond motifs is 1. The van der Waals surface area contributed by atoms with Gasteiger partial charge in [-0.3, -0.25) is 0 Å². The van der Waals surface area contributed by atoms with Crippen LogP contribution in [-0.4, -0.2) is 43.8 Å². The van der Waals surface area contributed by atoms with E-state index >= 15 is 0 Å². The summed E-state index contributed by atoms with van der Waals surface area (Å²) in [7, 11) is 1.58. The van der Waals surface area contributed by atoms with Crippen LogP contribution in [0.2, 0.25) is 0 Å². The van der Waals surface area contributed by atoms with Gasteiger partial charge in [-0.2, -0.15) is 0 Å². The van der Waals surface area contributed by atoms with Crippen LogP contribution in [0.1, 0.15) is 26.7 Å². The first kappa shape index (κ1) is 14.7. The van der Waals surface area contributed by atoms with E-state index in [1.165, 1.54) is 0 Å². The van der Waals surface area contributed by atoms with Crippen molar-refractivity contribution in [2.45, 2.75) is 57.1 Å². The smallest absolute Gasteiger partial charge is 0.186 e. The molecular weight excluding hydrogens is 248 g/mol. The summed E-state index contributed by atoms with van der Waals surface area (Å²) in [6.07, 6.45) is 2.88. The number of carbonyl (C=O) groups excluding carboxylic acids is 1. The molecule has 1 unspecified atom stereocenters. The molecule has 0 amide bonds. The van der Waals surface area contributed by atoms with E-state index in [2.05, 4.69) is 6.58 Å². The molecule has 0 aromatic heterocycles. The van der Waals surface area contributed by atoms with Gasteiger partial charge < -0.3 is 23.7 Å². The van der Waals surface area contributed by atoms with Crippen molar-refractivity contribution in [2.24, 2.45) is 5.92 Å². The average molecular weight is 270 g/mol. The van der Waals surface area contributed by atoms with E-state index in [1.54, 1.807) is 13.2 Å². The van der Waals surface area contributed by atoms with Gasteiger partial charge in [0, 0.05) is 13.0 Å². The van der Waals surface area contributed by atoms with Crippen molar-refractivity contribution in [3.63, 3.8) is 0 Å². The highest BCUT2D eigenvalue weighted by molar-refractivity contribution is 5.53. The quantitative estimate of drug-likeness (QED) is 0.542. The normalized spacial score (nSPS) is 37.8. The van der Waals surface area contributed by atoms with Crippen LogP contribution < -0.4 is 0 Å². The number of carbonyl (C=O) groups is 1. The van der Waals surface area contributed by atoms with Gasteiger partial charge in [-0.1, -0.05) is 6.08 Å². The average Bonchev–Trinajstić information content (AvgIpc) is 2.83. The van der Waals surface area contributed by atoms with Gasteiger partial charge in [-0.05, 0) is 26.7 Å². The number of hydrogen-bond donors (Lipinski definition) is 0. The van der Waals surface area contributed by atoms with E-state index in [0.717, 1.165) is 6.29 Å². The minimum atomic E-state index is -0.636. The summed E-state index contributed by atoms with van der Waals surface area (Å²) < 4.78 is 22.7. The molecule has 2 aliphatic rings. The monoisotopic (exact) mass is 270 g/mol. The van der Waals surface area contributed by atoms with Gasteiger partial charge in [0.1, 0.15) is 18.5 Å². The molecule has 108 valence electrons. The lowest BCUT2D eigenvalue weighted by Gasteiger charge is -2.24. The Morgan fingerprint density at radius 2 is 2.05 bits per heavy atom. The highest BCUT2D eigenvalue weighted by atomic mass is 16.8. The zero-order chi connectivity index (χ0) is 14.0. The fourth-order valence-corrected chi connectivity index (χ4v) is 2.74. The second-order valence-corrected chi connectivity index (χ2v) is 5.50. The summed E-state index contributed by atoms with van der Waals surface area (Å²) in [6.45, 7) is 7.41. The Kier molecular flexibility index (Phi) is 4.40. The molecule has 0 radical (unpaired) electrons. The van der Waals surface area contributed by atoms with Gasteiger partial charge >= 0.3 is 0 Å². The molecule has 0 aromatic carbocycles. The van der Waals surface area contributed by atoms with Crippen LogP contribution in [0.4, 0.5) is 0 Å². The minimum absolute atomic E-state index is 0.105. The van der Waals surface area contributed by atoms with E-state index in [9.17, 15) is 4.79 Å². The van der Waals surface area contributed by atoms with Crippen molar-refractivity contribution in [1.82, 2.24) is 0 Å². The second-order valence-electron chi connectivity index (χ2n) is 5.50. The molecule has 2 aliphatic heterocycles. The molecule has 5 heteroatoms. The lowest BCUT2D eigenvalue weighted by atomic mass is 9.96. The fourth-order valence-electron chi connectivity index (χ4n) is 2.74. The topological polar surface area (TPSA) is 54.0 Å². The maximum absolute atomic E-state index is 11.0. The number of hydrogen-bond acceptors (Lipinski definition) is 5. The van der Waals surface area contributed by atoms with Crippen LogP contribution in [0.15, 0.2) is 12.7 Å². The summed E-state index contributed by atoms with van der Waals surface area (Å²) >= 11 is 0. The van der Waals surface area contributed by atoms with E-state index < -0.39 is 12.1 Å². The third-order valence-corrected chi connectivity index (χ3v) is 3.54. The largest absolute Gasteiger partial charge is 0.353 e. The summed E-state index contributed by atoms with van der Waals surface area (Å²) in [5.41, 5.74) is 0. The molecule has 0 aliphatic carbocycles. The molecule has 2 fully saturated rings. The van der Waals surface area contributed by atoms with Crippen molar-refractivity contribution >= 4 is 6.29 Å². The Bertz CT molecular complexity index is 341. The third kappa shape index (κ3) is 3.05. The molecule has 2 rings (SSSR count). The van der Waals surface area contributed by atoms with Crippen LogP contribution in [0.25, 0.3) is 0 Å². The van der Waals surface area contributed by atoms with E-state index in [4.69, 9.17) is 18.9 Å². The van der Waals surface area contributed by atoms with Gasteiger partial charge in [0.15, 0.2) is 12.1 Å². The lowest BCUT2D eigenvalue weighted by Crippen LogP contribution is -2.31. The van der Waals surface area contributed by atoms with Crippen LogP contribution in [0, 0.1) is 5.92 Å². The van der Waals surface area contributed by atoms with E-state index in [0.29, 0.717) is 12.8 Å². The number of allylic oxidation sites excluding steroid dienone is 1. The van der Waals surface area contributed by atoms with Gasteiger partial charge in [0.05, 0.1) is 6.10 Å². The van der Waals surface area contributed by atoms with Crippen LogP contribution in [0.3, 0.4) is 0 Å². The number of aldehydes is 1. The lowest BCUT2D eigenvalue weighted by molar-refractivity contribution is -0.228. The molecule has 2 saturated heterocycles. The Morgan fingerprint density at radius 1 is 1.37 bits per heavy atom. The maximum atomic E-state index is 11.0. The van der Waals surface area contributed by atoms with Gasteiger partial charge in [-0.25, -0.2) is 0 Å². The zero-order valence-electron chi connectivity index (χ0n) is 11.7. The molecule has 2 heterocycles. The van der Waals surface area contributed by atoms with Crippen molar-refractivity contribution in [3.05, 3.63) is 12.7 Å². The molecule has 0 saturated carbocycles. The Balaban J connectivity index is 2.05. The van der Waals surface area contributed by atoms with Gasteiger partial charge in [0.2, 0.25) is 0 Å². The molecule has 0 aromatic rings. The Morgan fingerprint density at radius 3 is 2.63 bits per heavy atom. The van der Waals surface area contributed by atoms with Gasteiger partial charge in [-0.15, -0.1) is 6.58 Å². The second kappa shape index (κ2) is 5.71. The minimum Gasteiger partial charge on any atom is -0.353 e. The predicted octanol–water partition coefficient (Wildman–Crippen LogP) is 1.66. The standard InChI is InChI=1S/C14H22O5/c1-5-6-9(8-15)7-10-11-12(13(16-4)17-10)19-14(2,3)18-11/h5,8-13H,1,6-7H2,2-4H3/t9-,10+,11?,12-,13+/m0/s1. The first-order chi connectivity index (χ1) is 9.00. The van der Waals surface area contributed by atoms with Gasteiger partial charge in [0.25, 0.3) is 0 Å². The SMILES string of the molecule is C=CC[C@H](C=O)C[C@H]1O[C@@H](OC)[C@H]2OC(C)(C)OC12. The summed E-state index contributed by atoms with van der Waals surface area (Å²) in [6, 6.07) is 0. The molecule has 0 bridgehead atoms. The molecule has 0 spiro atoms. The van der Waals surface area contributed by atoms with Crippen molar-refractivity contribution in [2.75, 3.05) is 7.11 Å². The number of ether oxygens (including phenoxy) is 4. The molecule has 19 heavy (non-hydrogen) atoms. The van der Waals surface area contributed by atoms with Crippen LogP contribution in [0.5, 0.6) is 0 Å². The van der Waals surface area contributed by atoms with E-state index in [1.807, 2.05) is 13.8 Å². The maximum Gasteiger partial charge on any atom is 0.186 e. The van der Waals surface area contributed by atoms with Crippen molar-refractivity contribution in [1.29, 1.82) is 0 Å². The highest BCUT2D eigenvalue weighted by Gasteiger charge is 2.55. The Labute approximate surface area is 113 Å². The fraction of sp³-hybridized carbons (Fsp3) is 0.786. The third-order valence-electron chi connectivity index (χ3n) is 3.54. The predicted molar refractivity (Wildman–Crippen MR) is 68.5 cm³/mol. The number of rotatable bonds is 6. The first-order valence-corrected chi connectivity index (χ1v) is 6.61. The summed E-state index contributed by atoms with van der Waals surface area (Å²) in [5, 5.41) is 0. The van der Waals surface area contributed by atoms with Crippen LogP contribution >= 0.6 is 0 Å². The molecule has 5 atom stereocenters. The van der Waals surface area contributed by atoms with E-state index in [-0.39, 0.29) is 24.2 Å². The molecule has 0 N–H and O–H groups in total. The first-order valence-electron chi connectivity index (χ1n) is 6.61. The Hall–Kier alpha value is -0.750. The number of methoxy groups -OCH3 is 1. The van der Waals surface area contributed by atoms with Crippen molar-refractivity contribution in [3.8, 4) is 0 Å². The van der Waals surface area contributed by atoms with Crippen LogP contribution in [-0.2, 0) is 23.7 Å².